The maximum absolute atomic E-state index is 10.9. The molecule has 1 saturated carbocycles. The van der Waals surface area contributed by atoms with Crippen molar-refractivity contribution in [3.63, 3.8) is 0 Å². The highest BCUT2D eigenvalue weighted by Crippen LogP contribution is 2.38. The predicted octanol–water partition coefficient (Wildman–Crippen LogP) is 0.235. The smallest absolute Gasteiger partial charge is 0.229 e. The maximum atomic E-state index is 10.9. The Balaban J connectivity index is 2.00. The van der Waals surface area contributed by atoms with E-state index in [1.165, 1.54) is 0 Å². The Morgan fingerprint density at radius 1 is 1.69 bits per heavy atom. The fraction of sp³-hybridized carbons (Fsp3) is 0.625. The minimum Gasteiger partial charge on any atom is -0.359 e. The summed E-state index contributed by atoms with van der Waals surface area (Å²) in [5, 5.41) is 6.23. The van der Waals surface area contributed by atoms with Gasteiger partial charge in [-0.3, -0.25) is 4.79 Å². The highest BCUT2D eigenvalue weighted by atomic mass is 16.5. The molecule has 1 amide bonds. The Bertz CT molecular complexity index is 317. The summed E-state index contributed by atoms with van der Waals surface area (Å²) in [4.78, 5) is 15.1. The molecule has 0 radical (unpaired) electrons. The topological polar surface area (TPSA) is 68.0 Å². The van der Waals surface area contributed by atoms with Crippen LogP contribution in [0, 0.1) is 0 Å². The summed E-state index contributed by atoms with van der Waals surface area (Å²) in [6, 6.07) is 0. The largest absolute Gasteiger partial charge is 0.359 e. The van der Waals surface area contributed by atoms with Gasteiger partial charge in [-0.1, -0.05) is 5.16 Å². The number of rotatable bonds is 3. The van der Waals surface area contributed by atoms with Crippen LogP contribution in [-0.2, 0) is 11.2 Å². The van der Waals surface area contributed by atoms with Gasteiger partial charge < -0.3 is 9.84 Å². The first-order valence-corrected chi connectivity index (χ1v) is 4.32. The minimum atomic E-state index is -0.0943. The molecule has 1 N–H and O–H groups in total. The zero-order valence-corrected chi connectivity index (χ0v) is 7.41. The van der Waals surface area contributed by atoms with Crippen LogP contribution in [0.1, 0.15) is 30.5 Å². The van der Waals surface area contributed by atoms with E-state index in [0.717, 1.165) is 12.8 Å². The lowest BCUT2D eigenvalue weighted by molar-refractivity contribution is -0.120. The van der Waals surface area contributed by atoms with Crippen LogP contribution in [-0.4, -0.2) is 23.1 Å². The molecule has 1 heterocycles. The normalized spacial score (nSPS) is 15.8. The molecule has 2 rings (SSSR count). The summed E-state index contributed by atoms with van der Waals surface area (Å²) >= 11 is 0. The molecular weight excluding hydrogens is 170 g/mol. The molecule has 0 saturated heterocycles. The number of amides is 1. The molecule has 13 heavy (non-hydrogen) atoms. The molecule has 1 aromatic rings. The Kier molecular flexibility index (Phi) is 2.00. The first kappa shape index (κ1) is 8.22. The summed E-state index contributed by atoms with van der Waals surface area (Å²) in [5.74, 6) is 1.51. The molecule has 70 valence electrons. The van der Waals surface area contributed by atoms with Crippen molar-refractivity contribution in [3.8, 4) is 0 Å². The number of hydrogen-bond donors (Lipinski definition) is 1. The number of nitrogens with zero attached hydrogens (tertiary/aromatic N) is 2. The quantitative estimate of drug-likeness (QED) is 0.725. The van der Waals surface area contributed by atoms with Crippen LogP contribution in [0.15, 0.2) is 4.52 Å². The van der Waals surface area contributed by atoms with Crippen molar-refractivity contribution in [2.75, 3.05) is 7.05 Å². The average molecular weight is 181 g/mol. The van der Waals surface area contributed by atoms with Crippen LogP contribution in [0.5, 0.6) is 0 Å². The summed E-state index contributed by atoms with van der Waals surface area (Å²) in [5.41, 5.74) is 0. The van der Waals surface area contributed by atoms with E-state index in [0.29, 0.717) is 17.6 Å². The van der Waals surface area contributed by atoms with Gasteiger partial charge in [0, 0.05) is 13.0 Å². The van der Waals surface area contributed by atoms with Gasteiger partial charge in [0.05, 0.1) is 6.42 Å². The van der Waals surface area contributed by atoms with Gasteiger partial charge >= 0.3 is 0 Å². The van der Waals surface area contributed by atoms with Gasteiger partial charge in [-0.15, -0.1) is 0 Å². The van der Waals surface area contributed by atoms with Crippen LogP contribution in [0.4, 0.5) is 0 Å². The Morgan fingerprint density at radius 2 is 2.46 bits per heavy atom. The van der Waals surface area contributed by atoms with Crippen LogP contribution >= 0.6 is 0 Å². The molecule has 1 fully saturated rings. The lowest BCUT2D eigenvalue weighted by atomic mass is 10.4. The molecule has 5 nitrogen and oxygen atoms in total. The van der Waals surface area contributed by atoms with Gasteiger partial charge in [0.2, 0.25) is 11.8 Å². The maximum Gasteiger partial charge on any atom is 0.229 e. The van der Waals surface area contributed by atoms with Gasteiger partial charge in [0.25, 0.3) is 0 Å². The molecule has 0 aliphatic heterocycles. The molecule has 0 aromatic carbocycles. The lowest BCUT2D eigenvalue weighted by Gasteiger charge is -1.91. The van der Waals surface area contributed by atoms with Crippen molar-refractivity contribution in [2.45, 2.75) is 25.2 Å². The summed E-state index contributed by atoms with van der Waals surface area (Å²) in [7, 11) is 1.59. The second kappa shape index (κ2) is 3.16. The van der Waals surface area contributed by atoms with Crippen LogP contribution in [0.25, 0.3) is 0 Å². The Hall–Kier alpha value is -1.39. The molecular formula is C8H11N3O2. The van der Waals surface area contributed by atoms with E-state index in [-0.39, 0.29) is 12.3 Å². The highest BCUT2D eigenvalue weighted by Gasteiger charge is 2.29. The molecule has 5 heteroatoms. The van der Waals surface area contributed by atoms with Crippen LogP contribution in [0.2, 0.25) is 0 Å². The summed E-state index contributed by atoms with van der Waals surface area (Å²) < 4.78 is 4.99. The number of hydrogen-bond acceptors (Lipinski definition) is 4. The molecule has 1 aliphatic carbocycles. The number of nitrogens with one attached hydrogen (secondary N) is 1. The van der Waals surface area contributed by atoms with E-state index in [9.17, 15) is 4.79 Å². The Morgan fingerprint density at radius 3 is 3.08 bits per heavy atom. The molecule has 1 aliphatic rings. The second-order valence-electron chi connectivity index (χ2n) is 3.17. The van der Waals surface area contributed by atoms with Gasteiger partial charge in [-0.2, -0.15) is 4.98 Å². The predicted molar refractivity (Wildman–Crippen MR) is 44.0 cm³/mol. The van der Waals surface area contributed by atoms with Crippen molar-refractivity contribution in [3.05, 3.63) is 11.7 Å². The molecule has 0 unspecified atom stereocenters. The van der Waals surface area contributed by atoms with Crippen molar-refractivity contribution in [2.24, 2.45) is 0 Å². The first-order chi connectivity index (χ1) is 6.29. The van der Waals surface area contributed by atoms with Gasteiger partial charge in [0.1, 0.15) is 0 Å². The standard InChI is InChI=1S/C8H11N3O2/c1-9-7(12)4-6-10-8(13-11-6)5-2-3-5/h5H,2-4H2,1H3,(H,9,12). The zero-order valence-electron chi connectivity index (χ0n) is 7.41. The Labute approximate surface area is 75.5 Å². The van der Waals surface area contributed by atoms with Crippen LogP contribution < -0.4 is 5.32 Å². The molecule has 1 aromatic heterocycles. The van der Waals surface area contributed by atoms with E-state index in [1.54, 1.807) is 7.05 Å². The van der Waals surface area contributed by atoms with Crippen molar-refractivity contribution in [1.29, 1.82) is 0 Å². The van der Waals surface area contributed by atoms with Crippen molar-refractivity contribution in [1.82, 2.24) is 15.5 Å². The number of aromatic nitrogens is 2. The van der Waals surface area contributed by atoms with Gasteiger partial charge in [-0.25, -0.2) is 0 Å². The fourth-order valence-electron chi connectivity index (χ4n) is 1.07. The third kappa shape index (κ3) is 1.85. The highest BCUT2D eigenvalue weighted by molar-refractivity contribution is 5.77. The van der Waals surface area contributed by atoms with Gasteiger partial charge in [-0.05, 0) is 12.8 Å². The second-order valence-corrected chi connectivity index (χ2v) is 3.17. The zero-order chi connectivity index (χ0) is 9.26. The van der Waals surface area contributed by atoms with Gasteiger partial charge in [0.15, 0.2) is 5.82 Å². The summed E-state index contributed by atoms with van der Waals surface area (Å²) in [6.45, 7) is 0. The number of carbonyl (C=O) groups excluding carboxylic acids is 1. The number of likely N-dealkylation sites (N-methyl/N-ethyl adjacent to an activating group) is 1. The van der Waals surface area contributed by atoms with Crippen LogP contribution in [0.3, 0.4) is 0 Å². The van der Waals surface area contributed by atoms with Crippen molar-refractivity contribution < 1.29 is 9.32 Å². The molecule has 0 bridgehead atoms. The minimum absolute atomic E-state index is 0.0943. The fourth-order valence-corrected chi connectivity index (χ4v) is 1.07. The van der Waals surface area contributed by atoms with E-state index in [2.05, 4.69) is 15.5 Å². The van der Waals surface area contributed by atoms with E-state index < -0.39 is 0 Å². The molecule has 0 spiro atoms. The van der Waals surface area contributed by atoms with Crippen molar-refractivity contribution >= 4 is 5.91 Å². The van der Waals surface area contributed by atoms with E-state index in [4.69, 9.17) is 4.52 Å². The first-order valence-electron chi connectivity index (χ1n) is 4.32. The van der Waals surface area contributed by atoms with E-state index >= 15 is 0 Å². The average Bonchev–Trinajstić information content (AvgIpc) is 2.88. The molecule has 0 atom stereocenters. The van der Waals surface area contributed by atoms with E-state index in [1.807, 2.05) is 0 Å². The monoisotopic (exact) mass is 181 g/mol. The summed E-state index contributed by atoms with van der Waals surface area (Å²) in [6.07, 6.45) is 2.45. The third-order valence-electron chi connectivity index (χ3n) is 2.01. The number of carbonyl (C=O) groups is 1. The third-order valence-corrected chi connectivity index (χ3v) is 2.01. The lowest BCUT2D eigenvalue weighted by Crippen LogP contribution is -2.20. The SMILES string of the molecule is CNC(=O)Cc1noc(C2CC2)n1.